The van der Waals surface area contributed by atoms with E-state index in [-0.39, 0.29) is 12.0 Å². The molecule has 0 unspecified atom stereocenters. The normalized spacial score (nSPS) is 13.9. The molecule has 0 aliphatic heterocycles. The molecule has 0 fully saturated rings. The Balaban J connectivity index is 1.70. The van der Waals surface area contributed by atoms with Gasteiger partial charge in [-0.3, -0.25) is 4.79 Å². The van der Waals surface area contributed by atoms with E-state index < -0.39 is 0 Å². The molecule has 0 bridgehead atoms. The molecule has 128 valence electrons. The minimum atomic E-state index is -0.0475. The number of nitrogens with one attached hydrogen (secondary N) is 1. The average molecular weight is 335 g/mol. The van der Waals surface area contributed by atoms with Crippen molar-refractivity contribution in [1.82, 2.24) is 14.9 Å². The number of imidazole rings is 1. The number of carbonyl (C=O) groups excluding carboxylic acids is 1. The van der Waals surface area contributed by atoms with Crippen molar-refractivity contribution in [3.05, 3.63) is 58.9 Å². The lowest BCUT2D eigenvalue weighted by atomic mass is 10.1. The molecule has 1 amide bonds. The van der Waals surface area contributed by atoms with Crippen molar-refractivity contribution in [3.63, 3.8) is 0 Å². The molecule has 1 aliphatic rings. The molecule has 2 aromatic carbocycles. The Labute approximate surface area is 146 Å². The number of hydrogen-bond acceptors (Lipinski definition) is 3. The standard InChI is InChI=1S/C20H21N3O2/c1-12-21-17-10-15(20(24)23(2)3)11-18(19(17)22-12)25-16-8-13-6-4-5-7-14(13)9-16/h4-7,10-11,16H,8-9H2,1-3H3,(H,21,22). The monoisotopic (exact) mass is 335 g/mol. The van der Waals surface area contributed by atoms with E-state index in [4.69, 9.17) is 4.74 Å². The Morgan fingerprint density at radius 2 is 1.88 bits per heavy atom. The number of amides is 1. The van der Waals surface area contributed by atoms with Crippen molar-refractivity contribution in [2.45, 2.75) is 25.9 Å². The van der Waals surface area contributed by atoms with Gasteiger partial charge in [0.15, 0.2) is 0 Å². The summed E-state index contributed by atoms with van der Waals surface area (Å²) in [6.45, 7) is 1.91. The molecular formula is C20H21N3O2. The van der Waals surface area contributed by atoms with Crippen LogP contribution in [0.25, 0.3) is 11.0 Å². The summed E-state index contributed by atoms with van der Waals surface area (Å²) in [5.41, 5.74) is 4.89. The Morgan fingerprint density at radius 3 is 2.52 bits per heavy atom. The van der Waals surface area contributed by atoms with Crippen LogP contribution < -0.4 is 4.74 Å². The molecule has 0 saturated heterocycles. The first kappa shape index (κ1) is 15.7. The fraction of sp³-hybridized carbons (Fsp3) is 0.300. The van der Waals surface area contributed by atoms with Gasteiger partial charge in [-0.1, -0.05) is 24.3 Å². The van der Waals surface area contributed by atoms with Gasteiger partial charge in [-0.15, -0.1) is 0 Å². The number of hydrogen-bond donors (Lipinski definition) is 1. The predicted molar refractivity (Wildman–Crippen MR) is 97.1 cm³/mol. The van der Waals surface area contributed by atoms with Gasteiger partial charge in [0.25, 0.3) is 5.91 Å². The van der Waals surface area contributed by atoms with Gasteiger partial charge < -0.3 is 14.6 Å². The van der Waals surface area contributed by atoms with Crippen molar-refractivity contribution >= 4 is 16.9 Å². The number of fused-ring (bicyclic) bond motifs is 2. The summed E-state index contributed by atoms with van der Waals surface area (Å²) in [5, 5.41) is 0. The highest BCUT2D eigenvalue weighted by atomic mass is 16.5. The molecule has 0 radical (unpaired) electrons. The second-order valence-corrected chi connectivity index (χ2v) is 6.81. The summed E-state index contributed by atoms with van der Waals surface area (Å²) in [5.74, 6) is 1.43. The molecule has 0 atom stereocenters. The van der Waals surface area contributed by atoms with E-state index in [0.717, 1.165) is 29.7 Å². The molecule has 5 nitrogen and oxygen atoms in total. The summed E-state index contributed by atoms with van der Waals surface area (Å²) in [7, 11) is 3.50. The van der Waals surface area contributed by atoms with Crippen molar-refractivity contribution in [2.75, 3.05) is 14.1 Å². The van der Waals surface area contributed by atoms with Gasteiger partial charge in [0.05, 0.1) is 5.52 Å². The third-order valence-electron chi connectivity index (χ3n) is 4.63. The van der Waals surface area contributed by atoms with Crippen molar-refractivity contribution in [3.8, 4) is 5.75 Å². The SMILES string of the molecule is Cc1nc2c(OC3Cc4ccccc4C3)cc(C(=O)N(C)C)cc2[nH]1. The van der Waals surface area contributed by atoms with Gasteiger partial charge >= 0.3 is 0 Å². The molecule has 1 aliphatic carbocycles. The largest absolute Gasteiger partial charge is 0.487 e. The molecular weight excluding hydrogens is 314 g/mol. The van der Waals surface area contributed by atoms with Gasteiger partial charge in [-0.05, 0) is 30.2 Å². The average Bonchev–Trinajstić information content (AvgIpc) is 3.15. The van der Waals surface area contributed by atoms with Gasteiger partial charge in [0.2, 0.25) is 0 Å². The van der Waals surface area contributed by atoms with Crippen LogP contribution in [0.1, 0.15) is 27.3 Å². The van der Waals surface area contributed by atoms with Gasteiger partial charge in [0.1, 0.15) is 23.2 Å². The lowest BCUT2D eigenvalue weighted by Gasteiger charge is -2.16. The molecule has 5 heteroatoms. The predicted octanol–water partition coefficient (Wildman–Crippen LogP) is 3.12. The molecule has 0 saturated carbocycles. The lowest BCUT2D eigenvalue weighted by Crippen LogP contribution is -2.22. The van der Waals surface area contributed by atoms with Crippen molar-refractivity contribution in [2.24, 2.45) is 0 Å². The lowest BCUT2D eigenvalue weighted by molar-refractivity contribution is 0.0827. The number of rotatable bonds is 3. The second-order valence-electron chi connectivity index (χ2n) is 6.81. The zero-order valence-electron chi connectivity index (χ0n) is 14.7. The summed E-state index contributed by atoms with van der Waals surface area (Å²) in [4.78, 5) is 21.7. The number of aromatic amines is 1. The van der Waals surface area contributed by atoms with Crippen LogP contribution in [0.3, 0.4) is 0 Å². The highest BCUT2D eigenvalue weighted by molar-refractivity contribution is 5.99. The number of aromatic nitrogens is 2. The molecule has 1 aromatic heterocycles. The van der Waals surface area contributed by atoms with E-state index in [2.05, 4.69) is 34.2 Å². The van der Waals surface area contributed by atoms with Crippen molar-refractivity contribution < 1.29 is 9.53 Å². The molecule has 1 N–H and O–H groups in total. The highest BCUT2D eigenvalue weighted by Crippen LogP contribution is 2.31. The van der Waals surface area contributed by atoms with E-state index in [1.54, 1.807) is 19.0 Å². The maximum Gasteiger partial charge on any atom is 0.253 e. The van der Waals surface area contributed by atoms with E-state index in [1.165, 1.54) is 11.1 Å². The molecule has 25 heavy (non-hydrogen) atoms. The number of aryl methyl sites for hydroxylation is 1. The maximum atomic E-state index is 12.4. The smallest absolute Gasteiger partial charge is 0.253 e. The first-order valence-corrected chi connectivity index (χ1v) is 8.46. The fourth-order valence-electron chi connectivity index (χ4n) is 3.46. The van der Waals surface area contributed by atoms with Crippen LogP contribution in [-0.4, -0.2) is 41.0 Å². The van der Waals surface area contributed by atoms with Gasteiger partial charge in [0, 0.05) is 32.5 Å². The van der Waals surface area contributed by atoms with Crippen LogP contribution in [-0.2, 0) is 12.8 Å². The number of H-pyrrole nitrogens is 1. The van der Waals surface area contributed by atoms with Crippen LogP contribution in [0, 0.1) is 6.92 Å². The molecule has 4 rings (SSSR count). The first-order valence-electron chi connectivity index (χ1n) is 8.46. The van der Waals surface area contributed by atoms with Gasteiger partial charge in [-0.25, -0.2) is 4.98 Å². The topological polar surface area (TPSA) is 58.2 Å². The van der Waals surface area contributed by atoms with E-state index in [1.807, 2.05) is 19.1 Å². The minimum absolute atomic E-state index is 0.0475. The van der Waals surface area contributed by atoms with Crippen LogP contribution in [0.2, 0.25) is 0 Å². The summed E-state index contributed by atoms with van der Waals surface area (Å²) in [6, 6.07) is 12.1. The zero-order valence-corrected chi connectivity index (χ0v) is 14.7. The third-order valence-corrected chi connectivity index (χ3v) is 4.63. The first-order chi connectivity index (χ1) is 12.0. The quantitative estimate of drug-likeness (QED) is 0.800. The van der Waals surface area contributed by atoms with Crippen molar-refractivity contribution in [1.29, 1.82) is 0 Å². The Bertz CT molecular complexity index is 934. The summed E-state index contributed by atoms with van der Waals surface area (Å²) in [6.07, 6.45) is 1.84. The maximum absolute atomic E-state index is 12.4. The Kier molecular flexibility index (Phi) is 3.71. The number of benzene rings is 2. The van der Waals surface area contributed by atoms with Gasteiger partial charge in [-0.2, -0.15) is 0 Å². The Morgan fingerprint density at radius 1 is 1.20 bits per heavy atom. The van der Waals surface area contributed by atoms with E-state index in [9.17, 15) is 4.79 Å². The number of nitrogens with zero attached hydrogens (tertiary/aromatic N) is 2. The number of ether oxygens (including phenoxy) is 1. The highest BCUT2D eigenvalue weighted by Gasteiger charge is 2.24. The summed E-state index contributed by atoms with van der Waals surface area (Å²) >= 11 is 0. The number of carbonyl (C=O) groups is 1. The van der Waals surface area contributed by atoms with Crippen LogP contribution >= 0.6 is 0 Å². The fourth-order valence-corrected chi connectivity index (χ4v) is 3.46. The zero-order chi connectivity index (χ0) is 17.6. The molecule has 0 spiro atoms. The second kappa shape index (κ2) is 5.92. The van der Waals surface area contributed by atoms with Crippen LogP contribution in [0.4, 0.5) is 0 Å². The Hall–Kier alpha value is -2.82. The molecule has 3 aromatic rings. The van der Waals surface area contributed by atoms with Crippen LogP contribution in [0.15, 0.2) is 36.4 Å². The van der Waals surface area contributed by atoms with Crippen LogP contribution in [0.5, 0.6) is 5.75 Å². The molecule has 1 heterocycles. The van der Waals surface area contributed by atoms with E-state index in [0.29, 0.717) is 11.3 Å². The summed E-state index contributed by atoms with van der Waals surface area (Å²) < 4.78 is 6.30. The van der Waals surface area contributed by atoms with E-state index >= 15 is 0 Å². The minimum Gasteiger partial charge on any atom is -0.487 e. The third kappa shape index (κ3) is 2.86.